The Bertz CT molecular complexity index is 630. The van der Waals surface area contributed by atoms with Crippen LogP contribution in [0.25, 0.3) is 0 Å². The number of urea groups is 1. The minimum absolute atomic E-state index is 0.0574. The van der Waals surface area contributed by atoms with Crippen LogP contribution in [0.2, 0.25) is 0 Å². The molecular weight excluding hydrogens is 372 g/mol. The molecule has 0 aliphatic heterocycles. The van der Waals surface area contributed by atoms with Crippen molar-refractivity contribution >= 4 is 22.0 Å². The predicted molar refractivity (Wildman–Crippen MR) is 96.7 cm³/mol. The number of carbonyl (C=O) groups excluding carboxylic acids is 1. The normalized spacial score (nSPS) is 12.0. The fourth-order valence-corrected chi connectivity index (χ4v) is 2.57. The molecular formula is C18H23BrN2O3. The van der Waals surface area contributed by atoms with Gasteiger partial charge in [-0.25, -0.2) is 4.79 Å². The zero-order valence-electron chi connectivity index (χ0n) is 14.0. The number of nitrogens with one attached hydrogen (secondary N) is 1. The molecule has 24 heavy (non-hydrogen) atoms. The highest BCUT2D eigenvalue weighted by Crippen LogP contribution is 2.16. The summed E-state index contributed by atoms with van der Waals surface area (Å²) in [7, 11) is 1.74. The van der Waals surface area contributed by atoms with Gasteiger partial charge < -0.3 is 19.4 Å². The summed E-state index contributed by atoms with van der Waals surface area (Å²) in [5.74, 6) is 0.736. The van der Waals surface area contributed by atoms with Gasteiger partial charge in [0.1, 0.15) is 5.76 Å². The second-order valence-electron chi connectivity index (χ2n) is 5.57. The van der Waals surface area contributed by atoms with Gasteiger partial charge in [-0.15, -0.1) is 0 Å². The van der Waals surface area contributed by atoms with E-state index in [1.807, 2.05) is 49.4 Å². The molecule has 130 valence electrons. The molecule has 0 aliphatic rings. The molecule has 1 aromatic heterocycles. The topological polar surface area (TPSA) is 54.7 Å². The third-order valence-electron chi connectivity index (χ3n) is 3.60. The van der Waals surface area contributed by atoms with Gasteiger partial charge in [0.2, 0.25) is 0 Å². The number of furan rings is 1. The Morgan fingerprint density at radius 2 is 2.04 bits per heavy atom. The first-order chi connectivity index (χ1) is 11.6. The number of carbonyl (C=O) groups is 1. The smallest absolute Gasteiger partial charge is 0.317 e. The van der Waals surface area contributed by atoms with Crippen molar-refractivity contribution in [1.82, 2.24) is 10.2 Å². The first kappa shape index (κ1) is 18.5. The summed E-state index contributed by atoms with van der Waals surface area (Å²) in [4.78, 5) is 13.6. The van der Waals surface area contributed by atoms with Crippen LogP contribution in [0.4, 0.5) is 4.79 Å². The van der Waals surface area contributed by atoms with E-state index in [0.717, 1.165) is 17.7 Å². The summed E-state index contributed by atoms with van der Waals surface area (Å²) in [6.45, 7) is 3.64. The van der Waals surface area contributed by atoms with Crippen LogP contribution in [0.15, 0.2) is 51.6 Å². The van der Waals surface area contributed by atoms with Gasteiger partial charge in [0, 0.05) is 20.2 Å². The molecule has 0 bridgehead atoms. The van der Waals surface area contributed by atoms with Gasteiger partial charge in [-0.2, -0.15) is 0 Å². The summed E-state index contributed by atoms with van der Waals surface area (Å²) < 4.78 is 11.8. The van der Waals surface area contributed by atoms with Gasteiger partial charge in [-0.1, -0.05) is 30.3 Å². The first-order valence-electron chi connectivity index (χ1n) is 7.96. The van der Waals surface area contributed by atoms with Gasteiger partial charge in [-0.05, 0) is 47.0 Å². The Morgan fingerprint density at radius 1 is 1.29 bits per heavy atom. The molecule has 1 aromatic carbocycles. The van der Waals surface area contributed by atoms with Crippen molar-refractivity contribution in [2.45, 2.75) is 26.0 Å². The molecule has 5 nitrogen and oxygen atoms in total. The van der Waals surface area contributed by atoms with Crippen LogP contribution in [-0.2, 0) is 11.3 Å². The van der Waals surface area contributed by atoms with E-state index in [2.05, 4.69) is 21.2 Å². The lowest BCUT2D eigenvalue weighted by atomic mass is 10.1. The lowest BCUT2D eigenvalue weighted by molar-refractivity contribution is 0.0642. The van der Waals surface area contributed by atoms with Crippen molar-refractivity contribution in [2.75, 3.05) is 20.2 Å². The fraction of sp³-hybridized carbons (Fsp3) is 0.389. The van der Waals surface area contributed by atoms with E-state index < -0.39 is 0 Å². The van der Waals surface area contributed by atoms with Crippen LogP contribution in [0.1, 0.15) is 30.8 Å². The van der Waals surface area contributed by atoms with Gasteiger partial charge in [-0.3, -0.25) is 0 Å². The number of hydrogen-bond donors (Lipinski definition) is 1. The van der Waals surface area contributed by atoms with Crippen molar-refractivity contribution in [3.05, 3.63) is 58.5 Å². The Hall–Kier alpha value is -1.79. The fourth-order valence-electron chi connectivity index (χ4n) is 2.23. The highest BCUT2D eigenvalue weighted by molar-refractivity contribution is 9.10. The average molecular weight is 395 g/mol. The van der Waals surface area contributed by atoms with Crippen LogP contribution in [0.5, 0.6) is 0 Å². The summed E-state index contributed by atoms with van der Waals surface area (Å²) in [6.07, 6.45) is 0.824. The SMILES string of the molecule is CC(OCCCNC(=O)N(C)Cc1ccc(Br)o1)c1ccccc1. The van der Waals surface area contributed by atoms with Crippen LogP contribution >= 0.6 is 15.9 Å². The van der Waals surface area contributed by atoms with Crippen LogP contribution in [0, 0.1) is 0 Å². The van der Waals surface area contributed by atoms with Crippen LogP contribution < -0.4 is 5.32 Å². The van der Waals surface area contributed by atoms with E-state index in [4.69, 9.17) is 9.15 Å². The molecule has 0 saturated heterocycles. The highest BCUT2D eigenvalue weighted by atomic mass is 79.9. The molecule has 0 aliphatic carbocycles. The molecule has 1 atom stereocenters. The zero-order valence-corrected chi connectivity index (χ0v) is 15.6. The highest BCUT2D eigenvalue weighted by Gasteiger charge is 2.11. The monoisotopic (exact) mass is 394 g/mol. The molecule has 6 heteroatoms. The number of amides is 2. The maximum Gasteiger partial charge on any atom is 0.317 e. The predicted octanol–water partition coefficient (Wildman–Crippen LogP) is 4.35. The molecule has 0 radical (unpaired) electrons. The average Bonchev–Trinajstić information content (AvgIpc) is 2.99. The Labute approximate surface area is 151 Å². The van der Waals surface area contributed by atoms with Crippen molar-refractivity contribution in [3.8, 4) is 0 Å². The summed E-state index contributed by atoms with van der Waals surface area (Å²) in [5, 5.41) is 2.88. The van der Waals surface area contributed by atoms with Crippen molar-refractivity contribution in [2.24, 2.45) is 0 Å². The van der Waals surface area contributed by atoms with Gasteiger partial charge in [0.15, 0.2) is 4.67 Å². The largest absolute Gasteiger partial charge is 0.452 e. The van der Waals surface area contributed by atoms with E-state index in [1.165, 1.54) is 0 Å². The van der Waals surface area contributed by atoms with Gasteiger partial charge in [0.05, 0.1) is 12.6 Å². The first-order valence-corrected chi connectivity index (χ1v) is 8.75. The van der Waals surface area contributed by atoms with E-state index >= 15 is 0 Å². The quantitative estimate of drug-likeness (QED) is 0.676. The van der Waals surface area contributed by atoms with E-state index in [-0.39, 0.29) is 12.1 Å². The molecule has 2 amide bonds. The number of hydrogen-bond acceptors (Lipinski definition) is 3. The number of rotatable bonds is 8. The molecule has 0 fully saturated rings. The molecule has 1 N–H and O–H groups in total. The summed E-state index contributed by atoms with van der Waals surface area (Å²) in [5.41, 5.74) is 1.16. The Morgan fingerprint density at radius 3 is 2.71 bits per heavy atom. The van der Waals surface area contributed by atoms with E-state index in [9.17, 15) is 4.79 Å². The maximum absolute atomic E-state index is 12.0. The second-order valence-corrected chi connectivity index (χ2v) is 6.35. The van der Waals surface area contributed by atoms with Crippen LogP contribution in [0.3, 0.4) is 0 Å². The Kier molecular flexibility index (Phi) is 7.34. The third-order valence-corrected chi connectivity index (χ3v) is 4.03. The molecule has 1 unspecified atom stereocenters. The van der Waals surface area contributed by atoms with E-state index in [1.54, 1.807) is 11.9 Å². The van der Waals surface area contributed by atoms with Crippen molar-refractivity contribution < 1.29 is 13.9 Å². The lowest BCUT2D eigenvalue weighted by Gasteiger charge is -2.17. The third kappa shape index (κ3) is 6.02. The van der Waals surface area contributed by atoms with E-state index in [0.29, 0.717) is 24.4 Å². The van der Waals surface area contributed by atoms with Crippen molar-refractivity contribution in [3.63, 3.8) is 0 Å². The summed E-state index contributed by atoms with van der Waals surface area (Å²) >= 11 is 3.25. The lowest BCUT2D eigenvalue weighted by Crippen LogP contribution is -2.37. The molecule has 0 spiro atoms. The standard InChI is InChI=1S/C18H23BrN2O3/c1-14(15-7-4-3-5-8-15)23-12-6-11-20-18(22)21(2)13-16-9-10-17(19)24-16/h3-5,7-10,14H,6,11-13H2,1-2H3,(H,20,22). The minimum atomic E-state index is -0.126. The summed E-state index contributed by atoms with van der Waals surface area (Å²) in [6, 6.07) is 13.6. The number of halogens is 1. The second kappa shape index (κ2) is 9.49. The number of nitrogens with zero attached hydrogens (tertiary/aromatic N) is 1. The maximum atomic E-state index is 12.0. The Balaban J connectivity index is 1.60. The molecule has 1 heterocycles. The number of benzene rings is 1. The number of ether oxygens (including phenoxy) is 1. The van der Waals surface area contributed by atoms with Gasteiger partial charge in [0.25, 0.3) is 0 Å². The zero-order chi connectivity index (χ0) is 17.4. The molecule has 2 rings (SSSR count). The van der Waals surface area contributed by atoms with Crippen molar-refractivity contribution in [1.29, 1.82) is 0 Å². The van der Waals surface area contributed by atoms with Gasteiger partial charge >= 0.3 is 6.03 Å². The molecule has 2 aromatic rings. The minimum Gasteiger partial charge on any atom is -0.452 e. The molecule has 0 saturated carbocycles. The van der Waals surface area contributed by atoms with Crippen LogP contribution in [-0.4, -0.2) is 31.1 Å².